The minimum Gasteiger partial charge on any atom is -0.468 e. The molecule has 4 atom stereocenters. The van der Waals surface area contributed by atoms with Gasteiger partial charge >= 0.3 is 12.0 Å². The van der Waals surface area contributed by atoms with Crippen molar-refractivity contribution in [2.24, 2.45) is 17.8 Å². The lowest BCUT2D eigenvalue weighted by Crippen LogP contribution is -2.63. The van der Waals surface area contributed by atoms with E-state index in [0.29, 0.717) is 35.3 Å². The van der Waals surface area contributed by atoms with Crippen molar-refractivity contribution >= 4 is 35.6 Å². The Bertz CT molecular complexity index is 970. The predicted molar refractivity (Wildman–Crippen MR) is 104 cm³/mol. The minimum atomic E-state index is -1.68. The van der Waals surface area contributed by atoms with Crippen LogP contribution >= 0.6 is 0 Å². The average molecular weight is 431 g/mol. The molecule has 0 radical (unpaired) electrons. The molecular weight excluding hydrogens is 406 g/mol. The Morgan fingerprint density at radius 2 is 1.77 bits per heavy atom. The first kappa shape index (κ1) is 21.2. The standard InChI is InChI=1S/C21H25N3O7/c1-5-10-11-7-8-12-14(18(28)22(6-2)16(12)26)15(11)21(3)19(29)23(9-13(25)31-4)20(30)24(21)17(10)27/h12,14-15H,5-9H2,1-4H3/t12-,14-,15+,21+/m1/s1. The van der Waals surface area contributed by atoms with Crippen molar-refractivity contribution in [3.05, 3.63) is 11.1 Å². The Labute approximate surface area is 179 Å². The summed E-state index contributed by atoms with van der Waals surface area (Å²) in [5, 5.41) is 0. The molecular formula is C21H25N3O7. The third-order valence-corrected chi connectivity index (χ3v) is 7.23. The maximum Gasteiger partial charge on any atom is 0.335 e. The van der Waals surface area contributed by atoms with E-state index in [4.69, 9.17) is 0 Å². The van der Waals surface area contributed by atoms with E-state index in [-0.39, 0.29) is 18.4 Å². The summed E-state index contributed by atoms with van der Waals surface area (Å²) in [7, 11) is 1.14. The van der Waals surface area contributed by atoms with Crippen LogP contribution in [0.1, 0.15) is 40.0 Å². The number of esters is 1. The Morgan fingerprint density at radius 1 is 1.10 bits per heavy atom. The maximum absolute atomic E-state index is 13.5. The second-order valence-electron chi connectivity index (χ2n) is 8.46. The van der Waals surface area contributed by atoms with Gasteiger partial charge in [0.05, 0.1) is 18.9 Å². The van der Waals surface area contributed by atoms with Crippen molar-refractivity contribution in [1.29, 1.82) is 0 Å². The van der Waals surface area contributed by atoms with Gasteiger partial charge in [0.2, 0.25) is 11.8 Å². The average Bonchev–Trinajstić information content (AvgIpc) is 3.10. The Balaban J connectivity index is 1.89. The molecule has 0 spiro atoms. The summed E-state index contributed by atoms with van der Waals surface area (Å²) in [6, 6.07) is -0.904. The van der Waals surface area contributed by atoms with Gasteiger partial charge in [0.1, 0.15) is 12.1 Å². The third-order valence-electron chi connectivity index (χ3n) is 7.23. The van der Waals surface area contributed by atoms with Gasteiger partial charge in [-0.15, -0.1) is 0 Å². The highest BCUT2D eigenvalue weighted by molar-refractivity contribution is 6.20. The Kier molecular flexibility index (Phi) is 4.79. The van der Waals surface area contributed by atoms with Gasteiger partial charge < -0.3 is 4.74 Å². The zero-order valence-corrected chi connectivity index (χ0v) is 18.0. The van der Waals surface area contributed by atoms with Gasteiger partial charge in [-0.3, -0.25) is 33.8 Å². The van der Waals surface area contributed by atoms with Crippen LogP contribution in [0.2, 0.25) is 0 Å². The quantitative estimate of drug-likeness (QED) is 0.360. The molecule has 6 amide bonds. The highest BCUT2D eigenvalue weighted by Gasteiger charge is 2.70. The van der Waals surface area contributed by atoms with E-state index in [0.717, 1.165) is 12.0 Å². The third kappa shape index (κ3) is 2.50. The number of likely N-dealkylation sites (tertiary alicyclic amines) is 1. The van der Waals surface area contributed by atoms with Gasteiger partial charge in [0, 0.05) is 18.0 Å². The molecule has 0 N–H and O–H groups in total. The van der Waals surface area contributed by atoms with Crippen LogP contribution in [0.15, 0.2) is 11.1 Å². The monoisotopic (exact) mass is 431 g/mol. The van der Waals surface area contributed by atoms with Gasteiger partial charge in [-0.05, 0) is 33.1 Å². The molecule has 0 aromatic heterocycles. The molecule has 3 fully saturated rings. The van der Waals surface area contributed by atoms with Crippen molar-refractivity contribution in [2.75, 3.05) is 20.2 Å². The molecule has 0 aromatic rings. The van der Waals surface area contributed by atoms with E-state index in [1.54, 1.807) is 13.8 Å². The fourth-order valence-corrected chi connectivity index (χ4v) is 5.84. The number of carbonyl (C=O) groups is 6. The van der Waals surface area contributed by atoms with Crippen LogP contribution in [-0.2, 0) is 28.7 Å². The van der Waals surface area contributed by atoms with Gasteiger partial charge in [-0.1, -0.05) is 12.5 Å². The first-order chi connectivity index (χ1) is 14.6. The molecule has 0 bridgehead atoms. The van der Waals surface area contributed by atoms with E-state index >= 15 is 0 Å². The highest BCUT2D eigenvalue weighted by Crippen LogP contribution is 2.55. The van der Waals surface area contributed by atoms with Crippen LogP contribution in [-0.4, -0.2) is 76.1 Å². The maximum atomic E-state index is 13.5. The topological polar surface area (TPSA) is 121 Å². The number of carbonyl (C=O) groups excluding carboxylic acids is 6. The van der Waals surface area contributed by atoms with Gasteiger partial charge in [-0.2, -0.15) is 0 Å². The number of ether oxygens (including phenoxy) is 1. The van der Waals surface area contributed by atoms with Crippen LogP contribution in [0.5, 0.6) is 0 Å². The number of rotatable bonds is 4. The molecule has 1 aliphatic carbocycles. The largest absolute Gasteiger partial charge is 0.468 e. The minimum absolute atomic E-state index is 0.220. The lowest BCUT2D eigenvalue weighted by atomic mass is 9.59. The summed E-state index contributed by atoms with van der Waals surface area (Å²) in [5.41, 5.74) is -0.607. The molecule has 10 heteroatoms. The molecule has 0 unspecified atom stereocenters. The summed E-state index contributed by atoms with van der Waals surface area (Å²) in [5.74, 6) is -4.98. The van der Waals surface area contributed by atoms with Gasteiger partial charge in [-0.25, -0.2) is 9.69 Å². The number of urea groups is 1. The molecule has 4 rings (SSSR count). The molecule has 3 aliphatic heterocycles. The smallest absolute Gasteiger partial charge is 0.335 e. The summed E-state index contributed by atoms with van der Waals surface area (Å²) < 4.78 is 4.60. The molecule has 3 heterocycles. The molecule has 166 valence electrons. The number of nitrogens with zero attached hydrogens (tertiary/aromatic N) is 3. The van der Waals surface area contributed by atoms with Gasteiger partial charge in [0.25, 0.3) is 11.8 Å². The number of amides is 6. The summed E-state index contributed by atoms with van der Waals surface area (Å²) >= 11 is 0. The number of hydrogen-bond donors (Lipinski definition) is 0. The van der Waals surface area contributed by atoms with Crippen LogP contribution < -0.4 is 0 Å². The lowest BCUT2D eigenvalue weighted by molar-refractivity contribution is -0.149. The number of hydrogen-bond acceptors (Lipinski definition) is 7. The van der Waals surface area contributed by atoms with Crippen LogP contribution in [0, 0.1) is 17.8 Å². The van der Waals surface area contributed by atoms with Crippen molar-refractivity contribution in [2.45, 2.75) is 45.6 Å². The first-order valence-corrected chi connectivity index (χ1v) is 10.5. The summed E-state index contributed by atoms with van der Waals surface area (Å²) in [6.45, 7) is 4.55. The normalized spacial score (nSPS) is 32.6. The lowest BCUT2D eigenvalue weighted by Gasteiger charge is -2.48. The zero-order valence-electron chi connectivity index (χ0n) is 18.0. The van der Waals surface area contributed by atoms with Crippen LogP contribution in [0.3, 0.4) is 0 Å². The summed E-state index contributed by atoms with van der Waals surface area (Å²) in [4.78, 5) is 80.7. The first-order valence-electron chi connectivity index (χ1n) is 10.5. The number of fused-ring (bicyclic) bond motifs is 5. The number of imide groups is 3. The Hall–Kier alpha value is -3.04. The highest BCUT2D eigenvalue weighted by atomic mass is 16.5. The second kappa shape index (κ2) is 7.00. The molecule has 4 aliphatic rings. The molecule has 2 saturated heterocycles. The van der Waals surface area contributed by atoms with Crippen molar-refractivity contribution in [1.82, 2.24) is 14.7 Å². The predicted octanol–water partition coefficient (Wildman–Crippen LogP) is 0.460. The SMILES string of the molecule is CCC1=C2CC[C@H]3C(=O)N(CC)C(=O)[C@H]3[C@H]2[C@@]2(C)C(=O)N(CC(=O)OC)C(=O)N2C1=O. The van der Waals surface area contributed by atoms with E-state index in [1.807, 2.05) is 0 Å². The van der Waals surface area contributed by atoms with Gasteiger partial charge in [0.15, 0.2) is 0 Å². The number of methoxy groups -OCH3 is 1. The fourth-order valence-electron chi connectivity index (χ4n) is 5.84. The van der Waals surface area contributed by atoms with E-state index in [2.05, 4.69) is 4.74 Å². The zero-order chi connectivity index (χ0) is 22.8. The second-order valence-corrected chi connectivity index (χ2v) is 8.46. The van der Waals surface area contributed by atoms with E-state index < -0.39 is 53.7 Å². The van der Waals surface area contributed by atoms with Crippen molar-refractivity contribution < 1.29 is 33.5 Å². The Morgan fingerprint density at radius 3 is 2.35 bits per heavy atom. The van der Waals surface area contributed by atoms with Crippen molar-refractivity contribution in [3.8, 4) is 0 Å². The van der Waals surface area contributed by atoms with Crippen LogP contribution in [0.4, 0.5) is 4.79 Å². The molecule has 0 aromatic carbocycles. The summed E-state index contributed by atoms with van der Waals surface area (Å²) in [6.07, 6.45) is 1.14. The molecule has 31 heavy (non-hydrogen) atoms. The fraction of sp³-hybridized carbons (Fsp3) is 0.619. The molecule has 10 nitrogen and oxygen atoms in total. The van der Waals surface area contributed by atoms with Crippen LogP contribution in [0.25, 0.3) is 0 Å². The van der Waals surface area contributed by atoms with E-state index in [9.17, 15) is 28.8 Å². The van der Waals surface area contributed by atoms with E-state index in [1.165, 1.54) is 11.8 Å². The van der Waals surface area contributed by atoms with Crippen molar-refractivity contribution in [3.63, 3.8) is 0 Å². The molecule has 1 saturated carbocycles.